The molecule has 2 unspecified atom stereocenters. The van der Waals surface area contributed by atoms with Gasteiger partial charge in [-0.15, -0.1) is 11.8 Å². The fraction of sp³-hybridized carbons (Fsp3) is 0.588. The number of amides is 1. The summed E-state index contributed by atoms with van der Waals surface area (Å²) in [7, 11) is 0. The van der Waals surface area contributed by atoms with Crippen LogP contribution in [0, 0.1) is 0 Å². The summed E-state index contributed by atoms with van der Waals surface area (Å²) >= 11 is 1.79. The maximum absolute atomic E-state index is 12.8. The maximum atomic E-state index is 12.8. The van der Waals surface area contributed by atoms with E-state index < -0.39 is 0 Å². The van der Waals surface area contributed by atoms with Gasteiger partial charge in [-0.2, -0.15) is 0 Å². The fourth-order valence-corrected chi connectivity index (χ4v) is 3.97. The second kappa shape index (κ2) is 6.60. The molecule has 2 heterocycles. The first-order chi connectivity index (χ1) is 10.6. The van der Waals surface area contributed by atoms with Crippen LogP contribution in [0.4, 0.5) is 0 Å². The molecule has 0 radical (unpaired) electrons. The average Bonchev–Trinajstić information content (AvgIpc) is 3.04. The van der Waals surface area contributed by atoms with E-state index in [-0.39, 0.29) is 23.6 Å². The highest BCUT2D eigenvalue weighted by Gasteiger charge is 2.41. The van der Waals surface area contributed by atoms with Crippen LogP contribution in [0.5, 0.6) is 0 Å². The van der Waals surface area contributed by atoms with Crippen molar-refractivity contribution in [2.24, 2.45) is 0 Å². The molecule has 2 aliphatic heterocycles. The number of rotatable bonds is 3. The number of thioether (sulfide) groups is 1. The van der Waals surface area contributed by atoms with E-state index in [4.69, 9.17) is 4.74 Å². The molecule has 5 heteroatoms. The number of carbonyl (C=O) groups excluding carboxylic acids is 1. The first-order valence-electron chi connectivity index (χ1n) is 7.84. The molecule has 0 aliphatic carbocycles. The minimum Gasteiger partial charge on any atom is -0.374 e. The Bertz CT molecular complexity index is 515. The van der Waals surface area contributed by atoms with Crippen molar-refractivity contribution in [3.63, 3.8) is 0 Å². The minimum absolute atomic E-state index is 0.0419. The van der Waals surface area contributed by atoms with Crippen LogP contribution in [-0.2, 0) is 16.0 Å². The molecule has 3 rings (SSSR count). The summed E-state index contributed by atoms with van der Waals surface area (Å²) in [5, 5.41) is 3.29. The van der Waals surface area contributed by atoms with Crippen LogP contribution in [0.3, 0.4) is 0 Å². The Morgan fingerprint density at radius 2 is 2.18 bits per heavy atom. The molecular formula is C17H24N2O2S. The molecule has 22 heavy (non-hydrogen) atoms. The van der Waals surface area contributed by atoms with Crippen LogP contribution in [-0.4, -0.2) is 53.3 Å². The highest BCUT2D eigenvalue weighted by Crippen LogP contribution is 2.26. The molecule has 120 valence electrons. The summed E-state index contributed by atoms with van der Waals surface area (Å²) in [6, 6.07) is 10.3. The lowest BCUT2D eigenvalue weighted by atomic mass is 9.97. The normalized spacial score (nSPS) is 27.8. The molecule has 4 nitrogen and oxygen atoms in total. The smallest absolute Gasteiger partial charge is 0.241 e. The van der Waals surface area contributed by atoms with Crippen molar-refractivity contribution >= 4 is 17.7 Å². The predicted octanol–water partition coefficient (Wildman–Crippen LogP) is 1.90. The van der Waals surface area contributed by atoms with Gasteiger partial charge in [-0.05, 0) is 19.4 Å². The molecule has 2 atom stereocenters. The van der Waals surface area contributed by atoms with E-state index in [1.807, 2.05) is 23.1 Å². The van der Waals surface area contributed by atoms with Crippen LogP contribution < -0.4 is 5.32 Å². The van der Waals surface area contributed by atoms with E-state index in [0.29, 0.717) is 13.2 Å². The van der Waals surface area contributed by atoms with Crippen LogP contribution in [0.1, 0.15) is 19.4 Å². The third-order valence-electron chi connectivity index (χ3n) is 4.38. The zero-order valence-corrected chi connectivity index (χ0v) is 14.1. The van der Waals surface area contributed by atoms with Crippen molar-refractivity contribution < 1.29 is 9.53 Å². The lowest BCUT2D eigenvalue weighted by Crippen LogP contribution is -2.62. The average molecular weight is 320 g/mol. The van der Waals surface area contributed by atoms with Gasteiger partial charge in [0.05, 0.1) is 24.3 Å². The van der Waals surface area contributed by atoms with Gasteiger partial charge in [0.1, 0.15) is 0 Å². The van der Waals surface area contributed by atoms with E-state index in [9.17, 15) is 4.79 Å². The van der Waals surface area contributed by atoms with Crippen LogP contribution in [0.2, 0.25) is 0 Å². The number of ether oxygens (including phenoxy) is 1. The number of carbonyl (C=O) groups is 1. The number of nitrogens with zero attached hydrogens (tertiary/aromatic N) is 1. The van der Waals surface area contributed by atoms with Gasteiger partial charge in [0.25, 0.3) is 0 Å². The molecule has 1 aromatic rings. The lowest BCUT2D eigenvalue weighted by molar-refractivity contribution is -0.155. The molecule has 1 aromatic carbocycles. The summed E-state index contributed by atoms with van der Waals surface area (Å²) in [5.74, 6) is 1.96. The molecular weight excluding hydrogens is 296 g/mol. The van der Waals surface area contributed by atoms with Crippen molar-refractivity contribution in [2.45, 2.75) is 38.0 Å². The Labute approximate surface area is 136 Å². The molecule has 0 bridgehead atoms. The fourth-order valence-electron chi connectivity index (χ4n) is 3.03. The number of hydrogen-bond acceptors (Lipinski definition) is 4. The van der Waals surface area contributed by atoms with Gasteiger partial charge in [0, 0.05) is 24.6 Å². The molecule has 0 aromatic heterocycles. The molecule has 0 saturated carbocycles. The highest BCUT2D eigenvalue weighted by atomic mass is 32.2. The summed E-state index contributed by atoms with van der Waals surface area (Å²) in [4.78, 5) is 14.8. The van der Waals surface area contributed by atoms with Crippen LogP contribution in [0.15, 0.2) is 30.3 Å². The molecule has 2 fully saturated rings. The third kappa shape index (κ3) is 3.47. The van der Waals surface area contributed by atoms with E-state index in [0.717, 1.165) is 18.1 Å². The second-order valence-electron chi connectivity index (χ2n) is 6.66. The Hall–Kier alpha value is -1.04. The molecule has 1 amide bonds. The predicted molar refractivity (Wildman–Crippen MR) is 89.9 cm³/mol. The first kappa shape index (κ1) is 15.8. The van der Waals surface area contributed by atoms with E-state index >= 15 is 0 Å². The Morgan fingerprint density at radius 1 is 1.41 bits per heavy atom. The van der Waals surface area contributed by atoms with Crippen molar-refractivity contribution in [2.75, 3.05) is 24.8 Å². The summed E-state index contributed by atoms with van der Waals surface area (Å²) < 4.78 is 6.02. The quantitative estimate of drug-likeness (QED) is 0.923. The Balaban J connectivity index is 1.68. The van der Waals surface area contributed by atoms with Crippen LogP contribution in [0.25, 0.3) is 0 Å². The van der Waals surface area contributed by atoms with E-state index in [2.05, 4.69) is 31.3 Å². The van der Waals surface area contributed by atoms with Gasteiger partial charge in [0.2, 0.25) is 5.91 Å². The number of nitrogens with one attached hydrogen (secondary N) is 1. The van der Waals surface area contributed by atoms with Gasteiger partial charge in [-0.1, -0.05) is 30.3 Å². The van der Waals surface area contributed by atoms with Crippen LogP contribution >= 0.6 is 11.8 Å². The molecule has 2 saturated heterocycles. The third-order valence-corrected chi connectivity index (χ3v) is 5.32. The number of hydrogen-bond donors (Lipinski definition) is 1. The first-order valence-corrected chi connectivity index (χ1v) is 9.00. The lowest BCUT2D eigenvalue weighted by Gasteiger charge is -2.46. The highest BCUT2D eigenvalue weighted by molar-refractivity contribution is 7.99. The Kier molecular flexibility index (Phi) is 4.76. The monoisotopic (exact) mass is 320 g/mol. The van der Waals surface area contributed by atoms with Gasteiger partial charge in [0.15, 0.2) is 0 Å². The molecule has 1 N–H and O–H groups in total. The van der Waals surface area contributed by atoms with Crippen molar-refractivity contribution in [3.8, 4) is 0 Å². The minimum atomic E-state index is -0.237. The summed E-state index contributed by atoms with van der Waals surface area (Å²) in [5.41, 5.74) is 1.02. The van der Waals surface area contributed by atoms with Gasteiger partial charge in [-0.3, -0.25) is 10.1 Å². The van der Waals surface area contributed by atoms with Gasteiger partial charge >= 0.3 is 0 Å². The standard InChI is InChI=1S/C17H24N2O2S/c1-17(2)11-21-14(8-13-6-4-3-5-7-13)9-19(17)16(20)15-10-22-12-18-15/h3-7,14-15,18H,8-12H2,1-2H3. The second-order valence-corrected chi connectivity index (χ2v) is 7.69. The van der Waals surface area contributed by atoms with Crippen molar-refractivity contribution in [1.29, 1.82) is 0 Å². The van der Waals surface area contributed by atoms with Crippen molar-refractivity contribution in [1.82, 2.24) is 10.2 Å². The summed E-state index contributed by atoms with van der Waals surface area (Å²) in [6.45, 7) is 5.44. The number of morpholine rings is 1. The van der Waals surface area contributed by atoms with Gasteiger partial charge < -0.3 is 9.64 Å². The molecule has 2 aliphatic rings. The maximum Gasteiger partial charge on any atom is 0.241 e. The Morgan fingerprint density at radius 3 is 2.86 bits per heavy atom. The number of benzene rings is 1. The van der Waals surface area contributed by atoms with Gasteiger partial charge in [-0.25, -0.2) is 0 Å². The van der Waals surface area contributed by atoms with E-state index in [1.165, 1.54) is 5.56 Å². The zero-order valence-electron chi connectivity index (χ0n) is 13.2. The summed E-state index contributed by atoms with van der Waals surface area (Å²) in [6.07, 6.45) is 0.932. The van der Waals surface area contributed by atoms with Crippen molar-refractivity contribution in [3.05, 3.63) is 35.9 Å². The molecule has 0 spiro atoms. The SMILES string of the molecule is CC1(C)COC(Cc2ccccc2)CN1C(=O)C1CSCN1. The zero-order chi connectivity index (χ0) is 15.6. The van der Waals surface area contributed by atoms with E-state index in [1.54, 1.807) is 11.8 Å². The topological polar surface area (TPSA) is 41.6 Å². The largest absolute Gasteiger partial charge is 0.374 e.